The van der Waals surface area contributed by atoms with Crippen molar-refractivity contribution in [3.05, 3.63) is 36.5 Å². The van der Waals surface area contributed by atoms with E-state index in [1.165, 1.54) is 12.4 Å². The van der Waals surface area contributed by atoms with Crippen molar-refractivity contribution in [2.75, 3.05) is 42.3 Å². The van der Waals surface area contributed by atoms with Crippen LogP contribution in [0.1, 0.15) is 23.3 Å². The molecule has 1 amide bonds. The van der Waals surface area contributed by atoms with Gasteiger partial charge in [-0.25, -0.2) is 9.97 Å². The topological polar surface area (TPSA) is 115 Å². The molecule has 2 saturated heterocycles. The van der Waals surface area contributed by atoms with E-state index in [9.17, 15) is 4.79 Å². The Morgan fingerprint density at radius 1 is 1.15 bits per heavy atom. The minimum Gasteiger partial charge on any atom is -0.382 e. The summed E-state index contributed by atoms with van der Waals surface area (Å²) in [5, 5.41) is 2.84. The Bertz CT molecular complexity index is 799. The molecule has 0 aromatic carbocycles. The highest BCUT2D eigenvalue weighted by molar-refractivity contribution is 6.07. The third kappa shape index (κ3) is 3.18. The second kappa shape index (κ2) is 6.85. The first-order valence-electron chi connectivity index (χ1n) is 8.52. The van der Waals surface area contributed by atoms with Gasteiger partial charge in [-0.3, -0.25) is 9.78 Å². The molecule has 3 N–H and O–H groups in total. The average molecular weight is 356 g/mol. The summed E-state index contributed by atoms with van der Waals surface area (Å²) in [6.07, 6.45) is 7.75. The summed E-state index contributed by atoms with van der Waals surface area (Å²) < 4.78 is 11.5. The Labute approximate surface area is 150 Å². The summed E-state index contributed by atoms with van der Waals surface area (Å²) in [6.45, 7) is 2.83. The molecule has 0 radical (unpaired) electrons. The molecule has 4 heterocycles. The van der Waals surface area contributed by atoms with Crippen LogP contribution in [0.5, 0.6) is 0 Å². The molecule has 0 unspecified atom stereocenters. The van der Waals surface area contributed by atoms with Crippen molar-refractivity contribution >= 4 is 23.1 Å². The number of aromatic nitrogens is 3. The molecule has 4 rings (SSSR count). The Kier molecular flexibility index (Phi) is 4.39. The van der Waals surface area contributed by atoms with Crippen LogP contribution in [0.15, 0.2) is 30.9 Å². The SMILES string of the molecule is Nc1nccnc1C(=O)Nc1cnccc1N1CCC2(CC1)OCCO2. The number of carbonyl (C=O) groups excluding carboxylic acids is 1. The second-order valence-corrected chi connectivity index (χ2v) is 6.23. The van der Waals surface area contributed by atoms with Gasteiger partial charge in [-0.2, -0.15) is 0 Å². The first kappa shape index (κ1) is 16.7. The summed E-state index contributed by atoms with van der Waals surface area (Å²) in [4.78, 5) is 26.7. The Morgan fingerprint density at radius 2 is 1.88 bits per heavy atom. The number of nitrogens with zero attached hydrogens (tertiary/aromatic N) is 4. The number of ether oxygens (including phenoxy) is 2. The van der Waals surface area contributed by atoms with Crippen LogP contribution in [0, 0.1) is 0 Å². The summed E-state index contributed by atoms with van der Waals surface area (Å²) in [6, 6.07) is 1.88. The fraction of sp³-hybridized carbons (Fsp3) is 0.412. The number of rotatable bonds is 3. The lowest BCUT2D eigenvalue weighted by molar-refractivity contribution is -0.169. The van der Waals surface area contributed by atoms with Crippen molar-refractivity contribution in [2.45, 2.75) is 18.6 Å². The van der Waals surface area contributed by atoms with E-state index in [1.54, 1.807) is 12.4 Å². The lowest BCUT2D eigenvalue weighted by Crippen LogP contribution is -2.45. The molecule has 2 aromatic rings. The lowest BCUT2D eigenvalue weighted by atomic mass is 10.0. The molecular weight excluding hydrogens is 336 g/mol. The van der Waals surface area contributed by atoms with Crippen LogP contribution in [0.2, 0.25) is 0 Å². The number of hydrogen-bond acceptors (Lipinski definition) is 8. The Balaban J connectivity index is 1.50. The van der Waals surface area contributed by atoms with E-state index in [1.807, 2.05) is 6.07 Å². The predicted molar refractivity (Wildman–Crippen MR) is 94.7 cm³/mol. The molecule has 0 aliphatic carbocycles. The first-order chi connectivity index (χ1) is 12.7. The molecule has 9 nitrogen and oxygen atoms in total. The first-order valence-corrected chi connectivity index (χ1v) is 8.52. The molecule has 136 valence electrons. The highest BCUT2D eigenvalue weighted by Crippen LogP contribution is 2.35. The van der Waals surface area contributed by atoms with Crippen LogP contribution in [0.3, 0.4) is 0 Å². The number of nitrogens with two attached hydrogens (primary N) is 1. The predicted octanol–water partition coefficient (Wildman–Crippen LogP) is 1.05. The van der Waals surface area contributed by atoms with Crippen LogP contribution in [-0.2, 0) is 9.47 Å². The second-order valence-electron chi connectivity index (χ2n) is 6.23. The van der Waals surface area contributed by atoms with Crippen LogP contribution >= 0.6 is 0 Å². The average Bonchev–Trinajstić information content (AvgIpc) is 3.11. The molecule has 26 heavy (non-hydrogen) atoms. The van der Waals surface area contributed by atoms with E-state index in [0.717, 1.165) is 31.6 Å². The highest BCUT2D eigenvalue weighted by Gasteiger charge is 2.40. The van der Waals surface area contributed by atoms with Gasteiger partial charge in [0.05, 0.1) is 30.8 Å². The molecule has 2 aliphatic heterocycles. The summed E-state index contributed by atoms with van der Waals surface area (Å²) in [5.41, 5.74) is 7.32. The van der Waals surface area contributed by atoms with Gasteiger partial charge in [0.25, 0.3) is 5.91 Å². The lowest BCUT2D eigenvalue weighted by Gasteiger charge is -2.39. The minimum absolute atomic E-state index is 0.0888. The molecule has 1 spiro atoms. The third-order valence-electron chi connectivity index (χ3n) is 4.67. The number of amides is 1. The summed E-state index contributed by atoms with van der Waals surface area (Å²) in [7, 11) is 0. The Hall–Kier alpha value is -2.78. The number of pyridine rings is 1. The van der Waals surface area contributed by atoms with Gasteiger partial charge in [-0.05, 0) is 6.07 Å². The molecule has 2 aliphatic rings. The van der Waals surface area contributed by atoms with Crippen LogP contribution < -0.4 is 16.0 Å². The van der Waals surface area contributed by atoms with Gasteiger partial charge in [0.15, 0.2) is 17.3 Å². The van der Waals surface area contributed by atoms with Gasteiger partial charge in [0, 0.05) is 44.5 Å². The standard InChI is InChI=1S/C17H20N6O3/c18-15-14(20-5-6-21-15)16(24)22-12-11-19-4-1-13(12)23-7-2-17(3-8-23)25-9-10-26-17/h1,4-6,11H,2-3,7-10H2,(H2,18,21)(H,22,24). The molecule has 9 heteroatoms. The van der Waals surface area contributed by atoms with Gasteiger partial charge in [-0.1, -0.05) is 0 Å². The third-order valence-corrected chi connectivity index (χ3v) is 4.67. The zero-order valence-corrected chi connectivity index (χ0v) is 14.2. The van der Waals surface area contributed by atoms with Gasteiger partial charge >= 0.3 is 0 Å². The number of anilines is 3. The van der Waals surface area contributed by atoms with Gasteiger partial charge < -0.3 is 25.4 Å². The van der Waals surface area contributed by atoms with Crippen LogP contribution in [0.25, 0.3) is 0 Å². The van der Waals surface area contributed by atoms with Crippen molar-refractivity contribution in [3.63, 3.8) is 0 Å². The van der Waals surface area contributed by atoms with Crippen molar-refractivity contribution in [1.29, 1.82) is 0 Å². The van der Waals surface area contributed by atoms with E-state index < -0.39 is 11.7 Å². The van der Waals surface area contributed by atoms with Crippen molar-refractivity contribution in [3.8, 4) is 0 Å². The number of nitrogen functional groups attached to an aromatic ring is 1. The maximum absolute atomic E-state index is 12.5. The fourth-order valence-electron chi connectivity index (χ4n) is 3.34. The van der Waals surface area contributed by atoms with Crippen LogP contribution in [-0.4, -0.2) is 52.9 Å². The number of piperidine rings is 1. The highest BCUT2D eigenvalue weighted by atomic mass is 16.7. The van der Waals surface area contributed by atoms with E-state index in [2.05, 4.69) is 25.2 Å². The van der Waals surface area contributed by atoms with Gasteiger partial charge in [0.2, 0.25) is 0 Å². The molecule has 2 fully saturated rings. The quantitative estimate of drug-likeness (QED) is 0.838. The number of nitrogens with one attached hydrogen (secondary N) is 1. The molecule has 0 saturated carbocycles. The van der Waals surface area contributed by atoms with E-state index in [4.69, 9.17) is 15.2 Å². The smallest absolute Gasteiger partial charge is 0.278 e. The van der Waals surface area contributed by atoms with E-state index in [0.29, 0.717) is 18.9 Å². The van der Waals surface area contributed by atoms with Gasteiger partial charge in [0.1, 0.15) is 0 Å². The molecule has 2 aromatic heterocycles. The molecule has 0 atom stereocenters. The van der Waals surface area contributed by atoms with Crippen molar-refractivity contribution in [2.24, 2.45) is 0 Å². The number of hydrogen-bond donors (Lipinski definition) is 2. The summed E-state index contributed by atoms with van der Waals surface area (Å²) >= 11 is 0. The molecular formula is C17H20N6O3. The Morgan fingerprint density at radius 3 is 2.62 bits per heavy atom. The largest absolute Gasteiger partial charge is 0.382 e. The van der Waals surface area contributed by atoms with E-state index >= 15 is 0 Å². The molecule has 0 bridgehead atoms. The van der Waals surface area contributed by atoms with Crippen LogP contribution in [0.4, 0.5) is 17.2 Å². The minimum atomic E-state index is -0.443. The maximum atomic E-state index is 12.5. The monoisotopic (exact) mass is 356 g/mol. The zero-order valence-electron chi connectivity index (χ0n) is 14.2. The van der Waals surface area contributed by atoms with Crippen molar-refractivity contribution in [1.82, 2.24) is 15.0 Å². The summed E-state index contributed by atoms with van der Waals surface area (Å²) in [5.74, 6) is -0.771. The zero-order chi connectivity index (χ0) is 18.0. The maximum Gasteiger partial charge on any atom is 0.278 e. The van der Waals surface area contributed by atoms with Crippen molar-refractivity contribution < 1.29 is 14.3 Å². The van der Waals surface area contributed by atoms with Gasteiger partial charge in [-0.15, -0.1) is 0 Å². The van der Waals surface area contributed by atoms with E-state index in [-0.39, 0.29) is 11.5 Å². The number of carbonyl (C=O) groups is 1. The fourth-order valence-corrected chi connectivity index (χ4v) is 3.34. The normalized spacial score (nSPS) is 18.8.